The molecule has 2 rings (SSSR count). The van der Waals surface area contributed by atoms with Crippen LogP contribution in [0.4, 0.5) is 5.69 Å². The number of hydrogen-bond donors (Lipinski definition) is 1. The Morgan fingerprint density at radius 1 is 1.04 bits per heavy atom. The first-order chi connectivity index (χ1) is 13.3. The first-order valence-electron chi connectivity index (χ1n) is 8.91. The van der Waals surface area contributed by atoms with Crippen molar-refractivity contribution in [2.45, 2.75) is 25.7 Å². The van der Waals surface area contributed by atoms with E-state index < -0.39 is 15.9 Å². The predicted octanol–water partition coefficient (Wildman–Crippen LogP) is 2.94. The van der Waals surface area contributed by atoms with Crippen LogP contribution >= 0.6 is 0 Å². The summed E-state index contributed by atoms with van der Waals surface area (Å²) in [7, 11) is -3.54. The van der Waals surface area contributed by atoms with Crippen LogP contribution in [0.25, 0.3) is 0 Å². The number of rotatable bonds is 9. The van der Waals surface area contributed by atoms with Crippen LogP contribution in [0.15, 0.2) is 53.4 Å². The quantitative estimate of drug-likeness (QED) is 0.649. The number of ether oxygens (including phenoxy) is 1. The highest BCUT2D eigenvalue weighted by atomic mass is 32.2. The van der Waals surface area contributed by atoms with Crippen LogP contribution in [0.1, 0.15) is 31.1 Å². The lowest BCUT2D eigenvalue weighted by Crippen LogP contribution is -2.30. The second kappa shape index (κ2) is 9.48. The standard InChI is InChI=1S/C20H24N2O5S/c1-4-22(5-2)28(25,26)19-11-9-17(10-12-19)21-20(24)14-27-18-8-6-7-16(13-18)15(3)23/h6-13H,4-5,14H2,1-3H3,(H,21,24). The zero-order chi connectivity index (χ0) is 20.7. The van der Waals surface area contributed by atoms with Crippen LogP contribution in [-0.2, 0) is 14.8 Å². The van der Waals surface area contributed by atoms with Gasteiger partial charge in [0, 0.05) is 24.3 Å². The third kappa shape index (κ3) is 5.40. The molecule has 2 aromatic rings. The second-order valence-electron chi connectivity index (χ2n) is 6.03. The normalized spacial score (nSPS) is 11.3. The van der Waals surface area contributed by atoms with Gasteiger partial charge in [0.05, 0.1) is 4.90 Å². The van der Waals surface area contributed by atoms with Gasteiger partial charge in [0.1, 0.15) is 5.75 Å². The van der Waals surface area contributed by atoms with Gasteiger partial charge in [0.15, 0.2) is 12.4 Å². The van der Waals surface area contributed by atoms with E-state index in [1.165, 1.54) is 35.5 Å². The Morgan fingerprint density at radius 2 is 1.68 bits per heavy atom. The molecule has 1 amide bonds. The number of carbonyl (C=O) groups is 2. The molecule has 0 aliphatic rings. The Balaban J connectivity index is 1.98. The highest BCUT2D eigenvalue weighted by Crippen LogP contribution is 2.18. The SMILES string of the molecule is CCN(CC)S(=O)(=O)c1ccc(NC(=O)COc2cccc(C(C)=O)c2)cc1. The van der Waals surface area contributed by atoms with Crippen molar-refractivity contribution in [3.8, 4) is 5.75 Å². The fourth-order valence-electron chi connectivity index (χ4n) is 2.57. The van der Waals surface area contributed by atoms with Gasteiger partial charge >= 0.3 is 0 Å². The lowest BCUT2D eigenvalue weighted by atomic mass is 10.1. The molecule has 28 heavy (non-hydrogen) atoms. The van der Waals surface area contributed by atoms with E-state index in [0.717, 1.165) is 0 Å². The topological polar surface area (TPSA) is 92.8 Å². The van der Waals surface area contributed by atoms with Gasteiger partial charge in [-0.05, 0) is 43.3 Å². The lowest BCUT2D eigenvalue weighted by Gasteiger charge is -2.18. The van der Waals surface area contributed by atoms with Crippen molar-refractivity contribution in [2.75, 3.05) is 25.0 Å². The fraction of sp³-hybridized carbons (Fsp3) is 0.300. The predicted molar refractivity (Wildman–Crippen MR) is 107 cm³/mol. The maximum atomic E-state index is 12.5. The maximum Gasteiger partial charge on any atom is 0.262 e. The molecule has 0 aliphatic heterocycles. The number of hydrogen-bond acceptors (Lipinski definition) is 5. The van der Waals surface area contributed by atoms with Crippen molar-refractivity contribution in [2.24, 2.45) is 0 Å². The van der Waals surface area contributed by atoms with Gasteiger partial charge in [-0.2, -0.15) is 4.31 Å². The van der Waals surface area contributed by atoms with Crippen molar-refractivity contribution in [1.82, 2.24) is 4.31 Å². The van der Waals surface area contributed by atoms with E-state index in [4.69, 9.17) is 4.74 Å². The smallest absolute Gasteiger partial charge is 0.262 e. The van der Waals surface area contributed by atoms with Crippen LogP contribution in [0.2, 0.25) is 0 Å². The molecule has 150 valence electrons. The Morgan fingerprint density at radius 3 is 2.25 bits per heavy atom. The molecule has 2 aromatic carbocycles. The molecule has 1 N–H and O–H groups in total. The van der Waals surface area contributed by atoms with E-state index in [1.54, 1.807) is 38.1 Å². The molecule has 0 heterocycles. The van der Waals surface area contributed by atoms with Gasteiger partial charge in [-0.15, -0.1) is 0 Å². The average molecular weight is 404 g/mol. The Hall–Kier alpha value is -2.71. The summed E-state index contributed by atoms with van der Waals surface area (Å²) < 4.78 is 31.7. The fourth-order valence-corrected chi connectivity index (χ4v) is 4.03. The van der Waals surface area contributed by atoms with E-state index >= 15 is 0 Å². The van der Waals surface area contributed by atoms with Crippen molar-refractivity contribution >= 4 is 27.4 Å². The van der Waals surface area contributed by atoms with Crippen molar-refractivity contribution in [3.05, 3.63) is 54.1 Å². The molecular formula is C20H24N2O5S. The van der Waals surface area contributed by atoms with E-state index in [1.807, 2.05) is 0 Å². The third-order valence-electron chi connectivity index (χ3n) is 4.09. The Labute approximate surface area is 165 Å². The van der Waals surface area contributed by atoms with Gasteiger partial charge in [0.25, 0.3) is 5.91 Å². The highest BCUT2D eigenvalue weighted by molar-refractivity contribution is 7.89. The Bertz CT molecular complexity index is 935. The zero-order valence-corrected chi connectivity index (χ0v) is 17.0. The van der Waals surface area contributed by atoms with Crippen molar-refractivity contribution < 1.29 is 22.7 Å². The summed E-state index contributed by atoms with van der Waals surface area (Å²) in [5, 5.41) is 2.65. The summed E-state index contributed by atoms with van der Waals surface area (Å²) in [5.74, 6) is -0.0641. The van der Waals surface area contributed by atoms with Crippen LogP contribution < -0.4 is 10.1 Å². The number of nitrogens with zero attached hydrogens (tertiary/aromatic N) is 1. The van der Waals surface area contributed by atoms with E-state index in [-0.39, 0.29) is 17.3 Å². The highest BCUT2D eigenvalue weighted by Gasteiger charge is 2.21. The summed E-state index contributed by atoms with van der Waals surface area (Å²) in [6.45, 7) is 5.55. The minimum Gasteiger partial charge on any atom is -0.484 e. The molecule has 0 spiro atoms. The largest absolute Gasteiger partial charge is 0.484 e. The Kier molecular flexibility index (Phi) is 7.31. The summed E-state index contributed by atoms with van der Waals surface area (Å²) in [5.41, 5.74) is 0.965. The van der Waals surface area contributed by atoms with Crippen LogP contribution in [-0.4, -0.2) is 44.1 Å². The number of amides is 1. The third-order valence-corrected chi connectivity index (χ3v) is 6.16. The number of benzene rings is 2. The first-order valence-corrected chi connectivity index (χ1v) is 10.4. The van der Waals surface area contributed by atoms with Crippen molar-refractivity contribution in [3.63, 3.8) is 0 Å². The molecule has 0 atom stereocenters. The molecule has 7 nitrogen and oxygen atoms in total. The molecular weight excluding hydrogens is 380 g/mol. The number of ketones is 1. The molecule has 0 unspecified atom stereocenters. The van der Waals surface area contributed by atoms with Gasteiger partial charge in [-0.3, -0.25) is 9.59 Å². The van der Waals surface area contributed by atoms with Gasteiger partial charge < -0.3 is 10.1 Å². The molecule has 8 heteroatoms. The molecule has 0 saturated carbocycles. The van der Waals surface area contributed by atoms with Gasteiger partial charge in [-0.1, -0.05) is 26.0 Å². The van der Waals surface area contributed by atoms with E-state index in [9.17, 15) is 18.0 Å². The van der Waals surface area contributed by atoms with Crippen LogP contribution in [0, 0.1) is 0 Å². The average Bonchev–Trinajstić information content (AvgIpc) is 2.68. The molecule has 0 aliphatic carbocycles. The summed E-state index contributed by atoms with van der Waals surface area (Å²) in [6, 6.07) is 12.6. The summed E-state index contributed by atoms with van der Waals surface area (Å²) in [6.07, 6.45) is 0. The summed E-state index contributed by atoms with van der Waals surface area (Å²) in [4.78, 5) is 23.6. The second-order valence-corrected chi connectivity index (χ2v) is 7.97. The van der Waals surface area contributed by atoms with Crippen LogP contribution in [0.5, 0.6) is 5.75 Å². The number of anilines is 1. The lowest BCUT2D eigenvalue weighted by molar-refractivity contribution is -0.118. The number of nitrogens with one attached hydrogen (secondary N) is 1. The zero-order valence-electron chi connectivity index (χ0n) is 16.1. The maximum absolute atomic E-state index is 12.5. The minimum absolute atomic E-state index is 0.0883. The molecule has 0 radical (unpaired) electrons. The summed E-state index contributed by atoms with van der Waals surface area (Å²) >= 11 is 0. The number of sulfonamides is 1. The van der Waals surface area contributed by atoms with Crippen molar-refractivity contribution in [1.29, 1.82) is 0 Å². The van der Waals surface area contributed by atoms with Gasteiger partial charge in [-0.25, -0.2) is 8.42 Å². The van der Waals surface area contributed by atoms with Crippen LogP contribution in [0.3, 0.4) is 0 Å². The van der Waals surface area contributed by atoms with E-state index in [2.05, 4.69) is 5.32 Å². The minimum atomic E-state index is -3.54. The van der Waals surface area contributed by atoms with Gasteiger partial charge in [0.2, 0.25) is 10.0 Å². The molecule has 0 aromatic heterocycles. The van der Waals surface area contributed by atoms with E-state index in [0.29, 0.717) is 30.1 Å². The first kappa shape index (κ1) is 21.6. The molecule has 0 bridgehead atoms. The molecule has 0 saturated heterocycles. The molecule has 0 fully saturated rings. The number of Topliss-reactive ketones (excluding diaryl/α,β-unsaturated/α-hetero) is 1. The monoisotopic (exact) mass is 404 g/mol. The number of carbonyl (C=O) groups excluding carboxylic acids is 2.